The highest BCUT2D eigenvalue weighted by Gasteiger charge is 2.37. The number of halogens is 1. The predicted octanol–water partition coefficient (Wildman–Crippen LogP) is 2.76. The Labute approximate surface area is 130 Å². The van der Waals surface area contributed by atoms with Crippen LogP contribution in [0.1, 0.15) is 29.4 Å². The molecular weight excluding hydrogens is 332 g/mol. The van der Waals surface area contributed by atoms with Crippen LogP contribution >= 0.6 is 15.9 Å². The van der Waals surface area contributed by atoms with Crippen LogP contribution in [0.5, 0.6) is 0 Å². The van der Waals surface area contributed by atoms with Gasteiger partial charge in [0, 0.05) is 29.2 Å². The molecule has 3 rings (SSSR count). The van der Waals surface area contributed by atoms with E-state index in [-0.39, 0.29) is 30.1 Å². The maximum atomic E-state index is 12.3. The zero-order valence-electron chi connectivity index (χ0n) is 11.1. The van der Waals surface area contributed by atoms with Crippen molar-refractivity contribution in [3.63, 3.8) is 0 Å². The van der Waals surface area contributed by atoms with Gasteiger partial charge in [0.15, 0.2) is 0 Å². The van der Waals surface area contributed by atoms with Gasteiger partial charge in [0.2, 0.25) is 11.8 Å². The smallest absolute Gasteiger partial charge is 0.234 e. The molecule has 1 saturated heterocycles. The molecular formula is C16H13BrN2O2. The van der Waals surface area contributed by atoms with Crippen molar-refractivity contribution in [1.29, 1.82) is 0 Å². The van der Waals surface area contributed by atoms with Gasteiger partial charge in [0.1, 0.15) is 0 Å². The predicted molar refractivity (Wildman–Crippen MR) is 81.6 cm³/mol. The molecule has 2 heterocycles. The minimum absolute atomic E-state index is 0.196. The third kappa shape index (κ3) is 2.88. The molecule has 1 aromatic heterocycles. The first-order chi connectivity index (χ1) is 10.1. The standard InChI is InChI=1S/C16H13BrN2O2/c17-12-6-11(8-18-9-12)13-7-14(20)19-16(21)15(13)10-4-2-1-3-5-10/h1-6,8-9,13,15H,7H2,(H,19,20,21). The number of carbonyl (C=O) groups excluding carboxylic acids is 2. The molecule has 0 saturated carbocycles. The Bertz CT molecular complexity index is 688. The molecule has 0 aliphatic carbocycles. The van der Waals surface area contributed by atoms with Gasteiger partial charge in [-0.1, -0.05) is 30.3 Å². The molecule has 21 heavy (non-hydrogen) atoms. The van der Waals surface area contributed by atoms with Crippen molar-refractivity contribution in [2.24, 2.45) is 0 Å². The molecule has 1 aliphatic heterocycles. The summed E-state index contributed by atoms with van der Waals surface area (Å²) in [5, 5.41) is 2.43. The number of hydrogen-bond acceptors (Lipinski definition) is 3. The fourth-order valence-corrected chi connectivity index (χ4v) is 3.13. The molecule has 1 aromatic carbocycles. The van der Waals surface area contributed by atoms with E-state index in [1.165, 1.54) is 0 Å². The van der Waals surface area contributed by atoms with Gasteiger partial charge in [-0.15, -0.1) is 0 Å². The molecule has 5 heteroatoms. The first-order valence-corrected chi connectivity index (χ1v) is 7.43. The van der Waals surface area contributed by atoms with Gasteiger partial charge >= 0.3 is 0 Å². The fourth-order valence-electron chi connectivity index (χ4n) is 2.75. The lowest BCUT2D eigenvalue weighted by molar-refractivity contribution is -0.135. The van der Waals surface area contributed by atoms with Crippen LogP contribution in [0.2, 0.25) is 0 Å². The highest BCUT2D eigenvalue weighted by Crippen LogP contribution is 2.38. The summed E-state index contributed by atoms with van der Waals surface area (Å²) in [6, 6.07) is 11.5. The first-order valence-electron chi connectivity index (χ1n) is 6.64. The van der Waals surface area contributed by atoms with Crippen LogP contribution in [0.3, 0.4) is 0 Å². The number of amides is 2. The molecule has 2 unspecified atom stereocenters. The van der Waals surface area contributed by atoms with Crippen molar-refractivity contribution in [3.8, 4) is 0 Å². The number of pyridine rings is 1. The van der Waals surface area contributed by atoms with Crippen LogP contribution in [0, 0.1) is 0 Å². The van der Waals surface area contributed by atoms with E-state index in [0.717, 1.165) is 15.6 Å². The lowest BCUT2D eigenvalue weighted by atomic mass is 9.77. The van der Waals surface area contributed by atoms with Crippen molar-refractivity contribution >= 4 is 27.7 Å². The van der Waals surface area contributed by atoms with E-state index in [1.54, 1.807) is 12.4 Å². The summed E-state index contributed by atoms with van der Waals surface area (Å²) >= 11 is 3.39. The molecule has 2 amide bonds. The number of aromatic nitrogens is 1. The summed E-state index contributed by atoms with van der Waals surface area (Å²) in [6.07, 6.45) is 3.69. The summed E-state index contributed by atoms with van der Waals surface area (Å²) in [5.41, 5.74) is 1.80. The van der Waals surface area contributed by atoms with E-state index in [2.05, 4.69) is 26.2 Å². The van der Waals surface area contributed by atoms with E-state index < -0.39 is 0 Å². The normalized spacial score (nSPS) is 22.0. The van der Waals surface area contributed by atoms with Gasteiger partial charge < -0.3 is 0 Å². The molecule has 1 aliphatic rings. The summed E-state index contributed by atoms with van der Waals surface area (Å²) < 4.78 is 0.838. The lowest BCUT2D eigenvalue weighted by Gasteiger charge is -2.30. The second-order valence-electron chi connectivity index (χ2n) is 5.05. The van der Waals surface area contributed by atoms with Crippen LogP contribution < -0.4 is 5.32 Å². The van der Waals surface area contributed by atoms with Crippen molar-refractivity contribution in [3.05, 3.63) is 64.4 Å². The average molecular weight is 345 g/mol. The van der Waals surface area contributed by atoms with Gasteiger partial charge in [-0.3, -0.25) is 19.9 Å². The number of imide groups is 1. The Morgan fingerprint density at radius 1 is 1.10 bits per heavy atom. The van der Waals surface area contributed by atoms with Gasteiger partial charge in [-0.25, -0.2) is 0 Å². The quantitative estimate of drug-likeness (QED) is 0.852. The summed E-state index contributed by atoms with van der Waals surface area (Å²) in [7, 11) is 0. The number of hydrogen-bond donors (Lipinski definition) is 1. The molecule has 4 nitrogen and oxygen atoms in total. The van der Waals surface area contributed by atoms with E-state index in [9.17, 15) is 9.59 Å². The number of rotatable bonds is 2. The van der Waals surface area contributed by atoms with E-state index >= 15 is 0 Å². The van der Waals surface area contributed by atoms with Gasteiger partial charge in [0.05, 0.1) is 5.92 Å². The summed E-state index contributed by atoms with van der Waals surface area (Å²) in [5.74, 6) is -1.06. The number of nitrogens with one attached hydrogen (secondary N) is 1. The Morgan fingerprint density at radius 3 is 2.57 bits per heavy atom. The summed E-state index contributed by atoms with van der Waals surface area (Å²) in [4.78, 5) is 28.2. The van der Waals surface area contributed by atoms with Crippen LogP contribution in [-0.2, 0) is 9.59 Å². The van der Waals surface area contributed by atoms with Crippen molar-refractivity contribution in [1.82, 2.24) is 10.3 Å². The SMILES string of the molecule is O=C1CC(c2cncc(Br)c2)C(c2ccccc2)C(=O)N1. The van der Waals surface area contributed by atoms with Crippen molar-refractivity contribution < 1.29 is 9.59 Å². The Morgan fingerprint density at radius 2 is 1.86 bits per heavy atom. The monoisotopic (exact) mass is 344 g/mol. The third-order valence-corrected chi connectivity index (χ3v) is 4.10. The zero-order chi connectivity index (χ0) is 14.8. The minimum atomic E-state index is -0.375. The highest BCUT2D eigenvalue weighted by molar-refractivity contribution is 9.10. The Balaban J connectivity index is 2.05. The molecule has 2 atom stereocenters. The van der Waals surface area contributed by atoms with Crippen molar-refractivity contribution in [2.75, 3.05) is 0 Å². The van der Waals surface area contributed by atoms with Crippen LogP contribution in [0.4, 0.5) is 0 Å². The molecule has 2 aromatic rings. The molecule has 1 N–H and O–H groups in total. The van der Waals surface area contributed by atoms with Gasteiger partial charge in [-0.2, -0.15) is 0 Å². The first kappa shape index (κ1) is 13.9. The summed E-state index contributed by atoms with van der Waals surface area (Å²) in [6.45, 7) is 0. The van der Waals surface area contributed by atoms with Crippen molar-refractivity contribution in [2.45, 2.75) is 18.3 Å². The molecule has 0 radical (unpaired) electrons. The minimum Gasteiger partial charge on any atom is -0.296 e. The third-order valence-electron chi connectivity index (χ3n) is 3.67. The van der Waals surface area contributed by atoms with E-state index in [0.29, 0.717) is 0 Å². The Hall–Kier alpha value is -2.01. The zero-order valence-corrected chi connectivity index (χ0v) is 12.7. The number of carbonyl (C=O) groups is 2. The fraction of sp³-hybridized carbons (Fsp3) is 0.188. The molecule has 0 bridgehead atoms. The van der Waals surface area contributed by atoms with Crippen LogP contribution in [0.25, 0.3) is 0 Å². The van der Waals surface area contributed by atoms with Crippen LogP contribution in [0.15, 0.2) is 53.3 Å². The molecule has 1 fully saturated rings. The second-order valence-corrected chi connectivity index (χ2v) is 5.96. The lowest BCUT2D eigenvalue weighted by Crippen LogP contribution is -2.43. The topological polar surface area (TPSA) is 59.1 Å². The number of nitrogens with zero attached hydrogens (tertiary/aromatic N) is 1. The Kier molecular flexibility index (Phi) is 3.84. The maximum Gasteiger partial charge on any atom is 0.234 e. The van der Waals surface area contributed by atoms with E-state index in [1.807, 2.05) is 36.4 Å². The second kappa shape index (κ2) is 5.77. The highest BCUT2D eigenvalue weighted by atomic mass is 79.9. The van der Waals surface area contributed by atoms with Gasteiger partial charge in [-0.05, 0) is 33.1 Å². The largest absolute Gasteiger partial charge is 0.296 e. The molecule has 106 valence electrons. The molecule has 0 spiro atoms. The maximum absolute atomic E-state index is 12.3. The van der Waals surface area contributed by atoms with Gasteiger partial charge in [0.25, 0.3) is 0 Å². The number of piperidine rings is 1. The van der Waals surface area contributed by atoms with Crippen LogP contribution in [-0.4, -0.2) is 16.8 Å². The number of benzene rings is 1. The average Bonchev–Trinajstić information content (AvgIpc) is 2.47. The van der Waals surface area contributed by atoms with E-state index in [4.69, 9.17) is 0 Å².